The molecular formula is C29H26N8OS. The Bertz CT molecular complexity index is 1780. The van der Waals surface area contributed by atoms with Crippen LogP contribution >= 0.6 is 11.3 Å². The third-order valence-electron chi connectivity index (χ3n) is 7.31. The zero-order valence-corrected chi connectivity index (χ0v) is 21.9. The molecule has 0 aromatic carbocycles. The number of hydrogen-bond acceptors (Lipinski definition) is 7. The number of anilines is 1. The molecule has 6 aromatic heterocycles. The zero-order valence-electron chi connectivity index (χ0n) is 21.1. The molecule has 7 heterocycles. The first-order valence-corrected chi connectivity index (χ1v) is 14.0. The molecule has 194 valence electrons. The number of H-pyrrole nitrogens is 2. The first-order valence-electron chi connectivity index (χ1n) is 13.0. The van der Waals surface area contributed by atoms with Gasteiger partial charge in [0.2, 0.25) is 5.91 Å². The predicted octanol–water partition coefficient (Wildman–Crippen LogP) is 5.62. The van der Waals surface area contributed by atoms with E-state index in [0.717, 1.165) is 76.0 Å². The number of aromatic amines is 2. The van der Waals surface area contributed by atoms with E-state index in [1.54, 1.807) is 29.9 Å². The lowest BCUT2D eigenvalue weighted by molar-refractivity contribution is -0.117. The predicted molar refractivity (Wildman–Crippen MR) is 154 cm³/mol. The maximum atomic E-state index is 12.7. The molecule has 39 heavy (non-hydrogen) atoms. The minimum atomic E-state index is 0.0293. The molecule has 0 bridgehead atoms. The monoisotopic (exact) mass is 534 g/mol. The third kappa shape index (κ3) is 4.68. The number of aromatic nitrogens is 6. The maximum absolute atomic E-state index is 12.7. The zero-order chi connectivity index (χ0) is 26.2. The van der Waals surface area contributed by atoms with Gasteiger partial charge in [-0.05, 0) is 67.6 Å². The number of nitrogens with one attached hydrogen (secondary N) is 4. The summed E-state index contributed by atoms with van der Waals surface area (Å²) in [6.45, 7) is 1.96. The van der Waals surface area contributed by atoms with Gasteiger partial charge < -0.3 is 15.6 Å². The summed E-state index contributed by atoms with van der Waals surface area (Å²) in [6.07, 6.45) is 9.68. The van der Waals surface area contributed by atoms with Crippen LogP contribution in [0.1, 0.15) is 19.3 Å². The molecule has 1 amide bonds. The molecule has 0 atom stereocenters. The molecule has 0 unspecified atom stereocenters. The summed E-state index contributed by atoms with van der Waals surface area (Å²) < 4.78 is 0. The van der Waals surface area contributed by atoms with E-state index in [-0.39, 0.29) is 5.91 Å². The largest absolute Gasteiger partial charge is 0.353 e. The molecule has 1 fully saturated rings. The van der Waals surface area contributed by atoms with Crippen molar-refractivity contribution in [3.05, 3.63) is 65.9 Å². The highest BCUT2D eigenvalue weighted by Crippen LogP contribution is 2.34. The first kappa shape index (κ1) is 23.7. The van der Waals surface area contributed by atoms with Gasteiger partial charge in [-0.2, -0.15) is 16.4 Å². The summed E-state index contributed by atoms with van der Waals surface area (Å²) in [7, 11) is 0. The van der Waals surface area contributed by atoms with Crippen molar-refractivity contribution in [2.75, 3.05) is 18.4 Å². The molecule has 4 N–H and O–H groups in total. The Morgan fingerprint density at radius 1 is 1.00 bits per heavy atom. The van der Waals surface area contributed by atoms with E-state index in [1.165, 1.54) is 0 Å². The van der Waals surface area contributed by atoms with Gasteiger partial charge in [-0.15, -0.1) is 0 Å². The fourth-order valence-corrected chi connectivity index (χ4v) is 5.95. The lowest BCUT2D eigenvalue weighted by Gasteiger charge is -2.21. The number of pyridine rings is 3. The van der Waals surface area contributed by atoms with Crippen LogP contribution in [0.15, 0.2) is 65.9 Å². The molecule has 6 aromatic rings. The second-order valence-corrected chi connectivity index (χ2v) is 10.7. The van der Waals surface area contributed by atoms with E-state index in [0.29, 0.717) is 23.7 Å². The van der Waals surface area contributed by atoms with E-state index >= 15 is 0 Å². The molecule has 1 aliphatic rings. The van der Waals surface area contributed by atoms with Gasteiger partial charge in [-0.25, -0.2) is 4.98 Å². The van der Waals surface area contributed by atoms with Crippen LogP contribution < -0.4 is 10.6 Å². The third-order valence-corrected chi connectivity index (χ3v) is 7.99. The van der Waals surface area contributed by atoms with Gasteiger partial charge in [0.05, 0.1) is 29.0 Å². The minimum absolute atomic E-state index is 0.0293. The van der Waals surface area contributed by atoms with Crippen LogP contribution in [-0.2, 0) is 4.79 Å². The van der Waals surface area contributed by atoms with E-state index in [2.05, 4.69) is 69.7 Å². The Labute approximate surface area is 228 Å². The van der Waals surface area contributed by atoms with Crippen LogP contribution in [0.3, 0.4) is 0 Å². The van der Waals surface area contributed by atoms with Crippen molar-refractivity contribution in [1.82, 2.24) is 35.5 Å². The number of carbonyl (C=O) groups is 1. The van der Waals surface area contributed by atoms with E-state index in [4.69, 9.17) is 0 Å². The number of thiophene rings is 1. The Kier molecular flexibility index (Phi) is 6.10. The highest BCUT2D eigenvalue weighted by molar-refractivity contribution is 7.08. The summed E-state index contributed by atoms with van der Waals surface area (Å²) in [5.41, 5.74) is 7.89. The number of hydrogen-bond donors (Lipinski definition) is 4. The number of piperidine rings is 1. The van der Waals surface area contributed by atoms with Gasteiger partial charge in [0.25, 0.3) is 0 Å². The lowest BCUT2D eigenvalue weighted by atomic mass is 9.94. The Morgan fingerprint density at radius 3 is 2.77 bits per heavy atom. The standard InChI is InChI=1S/C29H26N8OS/c38-26(9-17-1-5-30-6-2-17)34-21-10-19(13-31-15-21)20-11-23-28(36-37-29(23)33-14-20)25-12-22-24(35-25)3-7-32-27(22)18-4-8-39-16-18/h3-4,7-8,10-17,30,35H,1-2,5-6,9H2,(H,34,38)(H,33,36,37). The maximum Gasteiger partial charge on any atom is 0.224 e. The van der Waals surface area contributed by atoms with Gasteiger partial charge in [-0.1, -0.05) is 0 Å². The van der Waals surface area contributed by atoms with Crippen molar-refractivity contribution in [1.29, 1.82) is 0 Å². The van der Waals surface area contributed by atoms with Gasteiger partial charge in [0.1, 0.15) is 0 Å². The summed E-state index contributed by atoms with van der Waals surface area (Å²) in [5, 5.41) is 20.1. The fourth-order valence-electron chi connectivity index (χ4n) is 5.31. The van der Waals surface area contributed by atoms with Crippen molar-refractivity contribution >= 4 is 44.9 Å². The van der Waals surface area contributed by atoms with Crippen molar-refractivity contribution in [3.8, 4) is 33.8 Å². The molecule has 1 aliphatic heterocycles. The molecule has 7 rings (SSSR count). The van der Waals surface area contributed by atoms with Gasteiger partial charge in [0.15, 0.2) is 5.65 Å². The number of carbonyl (C=O) groups excluding carboxylic acids is 1. The Balaban J connectivity index is 1.19. The lowest BCUT2D eigenvalue weighted by Crippen LogP contribution is -2.30. The van der Waals surface area contributed by atoms with Crippen LogP contribution in [0.4, 0.5) is 5.69 Å². The van der Waals surface area contributed by atoms with Crippen LogP contribution in [0, 0.1) is 5.92 Å². The second kappa shape index (κ2) is 10.0. The molecule has 9 nitrogen and oxygen atoms in total. The van der Waals surface area contributed by atoms with E-state index in [1.807, 2.05) is 18.3 Å². The molecular weight excluding hydrogens is 508 g/mol. The van der Waals surface area contributed by atoms with E-state index < -0.39 is 0 Å². The number of nitrogens with zero attached hydrogens (tertiary/aromatic N) is 4. The van der Waals surface area contributed by atoms with Crippen molar-refractivity contribution in [3.63, 3.8) is 0 Å². The average molecular weight is 535 g/mol. The highest BCUT2D eigenvalue weighted by Gasteiger charge is 2.18. The summed E-state index contributed by atoms with van der Waals surface area (Å²) in [6, 6.07) is 10.2. The second-order valence-electron chi connectivity index (χ2n) is 9.92. The first-order chi connectivity index (χ1) is 19.2. The molecule has 10 heteroatoms. The topological polar surface area (TPSA) is 124 Å². The van der Waals surface area contributed by atoms with Crippen LogP contribution in [0.5, 0.6) is 0 Å². The van der Waals surface area contributed by atoms with Crippen LogP contribution in [0.2, 0.25) is 0 Å². The van der Waals surface area contributed by atoms with E-state index in [9.17, 15) is 4.79 Å². The Hall–Kier alpha value is -4.41. The fraction of sp³-hybridized carbons (Fsp3) is 0.207. The molecule has 1 saturated heterocycles. The molecule has 0 saturated carbocycles. The quantitative estimate of drug-likeness (QED) is 0.220. The normalized spacial score (nSPS) is 14.3. The Morgan fingerprint density at radius 2 is 1.90 bits per heavy atom. The smallest absolute Gasteiger partial charge is 0.224 e. The SMILES string of the molecule is O=C(CC1CCNCC1)Nc1cncc(-c2cnc3n[nH]c(-c4cc5c(-c6ccsc6)nccc5[nH]4)c3c2)c1. The summed E-state index contributed by atoms with van der Waals surface area (Å²) >= 11 is 1.66. The van der Waals surface area contributed by atoms with Crippen molar-refractivity contribution in [2.24, 2.45) is 5.92 Å². The number of rotatable bonds is 6. The van der Waals surface area contributed by atoms with Crippen molar-refractivity contribution in [2.45, 2.75) is 19.3 Å². The number of amides is 1. The molecule has 0 aliphatic carbocycles. The minimum Gasteiger partial charge on any atom is -0.353 e. The highest BCUT2D eigenvalue weighted by atomic mass is 32.1. The van der Waals surface area contributed by atoms with Crippen LogP contribution in [0.25, 0.3) is 55.7 Å². The van der Waals surface area contributed by atoms with Gasteiger partial charge in [-0.3, -0.25) is 19.9 Å². The van der Waals surface area contributed by atoms with Crippen molar-refractivity contribution < 1.29 is 4.79 Å². The summed E-state index contributed by atoms with van der Waals surface area (Å²) in [4.78, 5) is 29.8. The number of fused-ring (bicyclic) bond motifs is 2. The molecule has 0 spiro atoms. The van der Waals surface area contributed by atoms with Gasteiger partial charge in [0, 0.05) is 63.4 Å². The summed E-state index contributed by atoms with van der Waals surface area (Å²) in [5.74, 6) is 0.455. The molecule has 0 radical (unpaired) electrons. The van der Waals surface area contributed by atoms with Gasteiger partial charge >= 0.3 is 0 Å². The average Bonchev–Trinajstić information content (AvgIpc) is 3.73. The van der Waals surface area contributed by atoms with Crippen LogP contribution in [-0.4, -0.2) is 49.1 Å².